The molecule has 0 amide bonds. The molecular formula is C7H16N2O6S. The number of hydrogen-bond acceptors (Lipinski definition) is 5. The Kier molecular flexibility index (Phi) is 6.45. The number of aliphatic carboxylic acids is 1. The van der Waals surface area contributed by atoms with E-state index in [4.69, 9.17) is 10.2 Å². The highest BCUT2D eigenvalue weighted by Crippen LogP contribution is 1.95. The average molecular weight is 256 g/mol. The molecule has 0 saturated heterocycles. The third-order valence-electron chi connectivity index (χ3n) is 1.63. The molecule has 16 heavy (non-hydrogen) atoms. The monoisotopic (exact) mass is 256 g/mol. The van der Waals surface area contributed by atoms with Crippen LogP contribution in [0.2, 0.25) is 0 Å². The zero-order valence-corrected chi connectivity index (χ0v) is 9.82. The van der Waals surface area contributed by atoms with E-state index < -0.39 is 28.3 Å². The lowest BCUT2D eigenvalue weighted by Gasteiger charge is -2.17. The number of ether oxygens (including phenoxy) is 1. The Bertz CT molecular complexity index is 315. The highest BCUT2D eigenvalue weighted by Gasteiger charge is 2.27. The number of hydrogen-bond donors (Lipinski definition) is 4. The Labute approximate surface area is 93.8 Å². The van der Waals surface area contributed by atoms with Crippen LogP contribution in [0.15, 0.2) is 0 Å². The smallest absolute Gasteiger partial charge is 0.324 e. The number of methoxy groups -OCH3 is 1. The van der Waals surface area contributed by atoms with Crippen LogP contribution in [0.4, 0.5) is 0 Å². The highest BCUT2D eigenvalue weighted by atomic mass is 32.2. The lowest BCUT2D eigenvalue weighted by Crippen LogP contribution is -2.51. The van der Waals surface area contributed by atoms with Crippen LogP contribution in [0, 0.1) is 0 Å². The van der Waals surface area contributed by atoms with Crippen LogP contribution < -0.4 is 9.44 Å². The summed E-state index contributed by atoms with van der Waals surface area (Å²) in [7, 11) is -2.56. The van der Waals surface area contributed by atoms with E-state index in [-0.39, 0.29) is 13.2 Å². The Hall–Kier alpha value is -0.740. The van der Waals surface area contributed by atoms with Gasteiger partial charge in [0.05, 0.1) is 12.7 Å². The molecule has 4 N–H and O–H groups in total. The van der Waals surface area contributed by atoms with Crippen molar-refractivity contribution in [3.63, 3.8) is 0 Å². The first-order chi connectivity index (χ1) is 7.30. The van der Waals surface area contributed by atoms with E-state index in [0.29, 0.717) is 0 Å². The molecule has 0 spiro atoms. The van der Waals surface area contributed by atoms with E-state index >= 15 is 0 Å². The summed E-state index contributed by atoms with van der Waals surface area (Å²) in [4.78, 5) is 10.6. The van der Waals surface area contributed by atoms with Crippen molar-refractivity contribution in [3.8, 4) is 0 Å². The summed E-state index contributed by atoms with van der Waals surface area (Å²) in [5, 5.41) is 17.7. The minimum absolute atomic E-state index is 0.0119. The third-order valence-corrected chi connectivity index (χ3v) is 2.78. The zero-order valence-electron chi connectivity index (χ0n) is 9.00. The second kappa shape index (κ2) is 6.76. The number of aliphatic hydroxyl groups excluding tert-OH is 1. The van der Waals surface area contributed by atoms with E-state index in [1.54, 1.807) is 0 Å². The molecule has 0 fully saturated rings. The van der Waals surface area contributed by atoms with Crippen molar-refractivity contribution in [2.45, 2.75) is 19.1 Å². The fourth-order valence-electron chi connectivity index (χ4n) is 0.842. The SMILES string of the molecule is COCCNS(=O)(=O)N[C@H](C(=O)O)[C@@H](C)O. The standard InChI is InChI=1S/C7H16N2O6S/c1-5(10)6(7(11)12)9-16(13,14)8-3-4-15-2/h5-6,8-10H,3-4H2,1-2H3,(H,11,12)/t5-,6+/m1/s1. The lowest BCUT2D eigenvalue weighted by atomic mass is 10.2. The van der Waals surface area contributed by atoms with Crippen molar-refractivity contribution >= 4 is 16.2 Å². The van der Waals surface area contributed by atoms with Gasteiger partial charge < -0.3 is 14.9 Å². The van der Waals surface area contributed by atoms with Crippen molar-refractivity contribution in [2.24, 2.45) is 0 Å². The first-order valence-corrected chi connectivity index (χ1v) is 5.95. The van der Waals surface area contributed by atoms with Gasteiger partial charge in [-0.25, -0.2) is 0 Å². The van der Waals surface area contributed by atoms with Gasteiger partial charge in [0.1, 0.15) is 6.04 Å². The molecule has 96 valence electrons. The van der Waals surface area contributed by atoms with Gasteiger partial charge in [-0.1, -0.05) is 0 Å². The van der Waals surface area contributed by atoms with Crippen LogP contribution >= 0.6 is 0 Å². The molecule has 8 nitrogen and oxygen atoms in total. The molecule has 0 aromatic rings. The molecule has 0 aliphatic carbocycles. The number of carboxylic acid groups (broad SMARTS) is 1. The van der Waals surface area contributed by atoms with Crippen LogP contribution in [-0.4, -0.2) is 57.0 Å². The molecule has 0 bridgehead atoms. The molecule has 0 unspecified atom stereocenters. The number of aliphatic hydroxyl groups is 1. The van der Waals surface area contributed by atoms with Crippen molar-refractivity contribution < 1.29 is 28.2 Å². The molecular weight excluding hydrogens is 240 g/mol. The topological polar surface area (TPSA) is 125 Å². The van der Waals surface area contributed by atoms with Crippen LogP contribution in [-0.2, 0) is 19.7 Å². The van der Waals surface area contributed by atoms with Crippen LogP contribution in [0.25, 0.3) is 0 Å². The number of carboxylic acids is 1. The average Bonchev–Trinajstić information content (AvgIpc) is 2.13. The Morgan fingerprint density at radius 2 is 2.06 bits per heavy atom. The van der Waals surface area contributed by atoms with Crippen LogP contribution in [0.3, 0.4) is 0 Å². The number of rotatable bonds is 8. The molecule has 0 radical (unpaired) electrons. The largest absolute Gasteiger partial charge is 0.480 e. The molecule has 9 heteroatoms. The number of nitrogens with one attached hydrogen (secondary N) is 2. The normalized spacial score (nSPS) is 15.7. The minimum atomic E-state index is -3.96. The fourth-order valence-corrected chi connectivity index (χ4v) is 1.91. The van der Waals surface area contributed by atoms with Crippen molar-refractivity contribution in [1.82, 2.24) is 9.44 Å². The van der Waals surface area contributed by atoms with Gasteiger partial charge in [0.2, 0.25) is 0 Å². The van der Waals surface area contributed by atoms with Gasteiger partial charge in [-0.2, -0.15) is 17.9 Å². The van der Waals surface area contributed by atoms with Crippen molar-refractivity contribution in [2.75, 3.05) is 20.3 Å². The predicted molar refractivity (Wildman–Crippen MR) is 55.0 cm³/mol. The van der Waals surface area contributed by atoms with Gasteiger partial charge in [-0.3, -0.25) is 4.79 Å². The predicted octanol–water partition coefficient (Wildman–Crippen LogP) is -2.11. The first kappa shape index (κ1) is 15.3. The maximum absolute atomic E-state index is 11.3. The maximum Gasteiger partial charge on any atom is 0.324 e. The summed E-state index contributed by atoms with van der Waals surface area (Å²) in [6.45, 7) is 1.35. The molecule has 0 aromatic carbocycles. The van der Waals surface area contributed by atoms with E-state index in [2.05, 4.69) is 9.46 Å². The molecule has 0 heterocycles. The van der Waals surface area contributed by atoms with Crippen LogP contribution in [0.5, 0.6) is 0 Å². The Morgan fingerprint density at radius 3 is 2.44 bits per heavy atom. The van der Waals surface area contributed by atoms with Gasteiger partial charge >= 0.3 is 5.97 Å². The summed E-state index contributed by atoms with van der Waals surface area (Å²) < 4.78 is 31.0. The van der Waals surface area contributed by atoms with Gasteiger partial charge in [-0.15, -0.1) is 0 Å². The molecule has 0 aliphatic heterocycles. The second-order valence-corrected chi connectivity index (χ2v) is 4.60. The minimum Gasteiger partial charge on any atom is -0.480 e. The summed E-state index contributed by atoms with van der Waals surface area (Å²) in [5.41, 5.74) is 0. The molecule has 0 saturated carbocycles. The summed E-state index contributed by atoms with van der Waals surface area (Å²) in [5.74, 6) is -1.45. The highest BCUT2D eigenvalue weighted by molar-refractivity contribution is 7.87. The molecule has 0 aliphatic rings. The van der Waals surface area contributed by atoms with Crippen LogP contribution in [0.1, 0.15) is 6.92 Å². The lowest BCUT2D eigenvalue weighted by molar-refractivity contribution is -0.141. The van der Waals surface area contributed by atoms with Gasteiger partial charge in [-0.05, 0) is 6.92 Å². The first-order valence-electron chi connectivity index (χ1n) is 4.47. The van der Waals surface area contributed by atoms with E-state index in [9.17, 15) is 13.2 Å². The molecule has 0 aromatic heterocycles. The quantitative estimate of drug-likeness (QED) is 0.368. The van der Waals surface area contributed by atoms with E-state index in [0.717, 1.165) is 0 Å². The summed E-state index contributed by atoms with van der Waals surface area (Å²) >= 11 is 0. The van der Waals surface area contributed by atoms with Gasteiger partial charge in [0, 0.05) is 13.7 Å². The second-order valence-electron chi connectivity index (χ2n) is 3.06. The van der Waals surface area contributed by atoms with Gasteiger partial charge in [0.15, 0.2) is 0 Å². The Morgan fingerprint density at radius 1 is 1.50 bits per heavy atom. The van der Waals surface area contributed by atoms with Crippen molar-refractivity contribution in [1.29, 1.82) is 0 Å². The fraction of sp³-hybridized carbons (Fsp3) is 0.857. The van der Waals surface area contributed by atoms with E-state index in [1.807, 2.05) is 4.72 Å². The summed E-state index contributed by atoms with van der Waals surface area (Å²) in [6.07, 6.45) is -1.34. The molecule has 2 atom stereocenters. The van der Waals surface area contributed by atoms with Gasteiger partial charge in [0.25, 0.3) is 10.2 Å². The molecule has 0 rings (SSSR count). The maximum atomic E-state index is 11.3. The Balaban J connectivity index is 4.37. The summed E-state index contributed by atoms with van der Waals surface area (Å²) in [6, 6.07) is -1.58. The van der Waals surface area contributed by atoms with E-state index in [1.165, 1.54) is 14.0 Å². The zero-order chi connectivity index (χ0) is 12.8. The third kappa shape index (κ3) is 5.98. The number of carbonyl (C=O) groups is 1. The van der Waals surface area contributed by atoms with Crippen molar-refractivity contribution in [3.05, 3.63) is 0 Å².